The average molecular weight is 259 g/mol. The maximum Gasteiger partial charge on any atom is 0.224 e. The Hall–Kier alpha value is -2.17. The van der Waals surface area contributed by atoms with E-state index >= 15 is 0 Å². The first kappa shape index (κ1) is 13.3. The summed E-state index contributed by atoms with van der Waals surface area (Å²) in [6.45, 7) is 5.74. The van der Waals surface area contributed by atoms with Gasteiger partial charge in [-0.2, -0.15) is 0 Å². The fraction of sp³-hybridized carbons (Fsp3) is 0.357. The molecule has 1 amide bonds. The Morgan fingerprint density at radius 2 is 1.84 bits per heavy atom. The number of carbonyl (C=O) groups is 1. The Kier molecular flexibility index (Phi) is 3.94. The molecule has 0 unspecified atom stereocenters. The summed E-state index contributed by atoms with van der Waals surface area (Å²) in [5, 5.41) is 10.5. The maximum atomic E-state index is 11.8. The van der Waals surface area contributed by atoms with Crippen molar-refractivity contribution in [3.05, 3.63) is 41.1 Å². The van der Waals surface area contributed by atoms with E-state index in [-0.39, 0.29) is 5.91 Å². The van der Waals surface area contributed by atoms with Crippen molar-refractivity contribution in [2.24, 2.45) is 0 Å². The molecule has 5 heteroatoms. The minimum Gasteiger partial charge on any atom is -0.426 e. The molecule has 1 aromatic carbocycles. The Balaban J connectivity index is 1.90. The second-order valence-corrected chi connectivity index (χ2v) is 4.64. The molecule has 0 bridgehead atoms. The fourth-order valence-electron chi connectivity index (χ4n) is 1.93. The van der Waals surface area contributed by atoms with Gasteiger partial charge in [-0.15, -0.1) is 10.2 Å². The van der Waals surface area contributed by atoms with E-state index < -0.39 is 0 Å². The molecule has 1 N–H and O–H groups in total. The molecule has 0 spiro atoms. The SMILES string of the molecule is Cc1cc(C)cc(NC(=O)CCc2nnc(C)o2)c1. The Morgan fingerprint density at radius 3 is 2.42 bits per heavy atom. The summed E-state index contributed by atoms with van der Waals surface area (Å²) >= 11 is 0. The second kappa shape index (κ2) is 5.65. The van der Waals surface area contributed by atoms with E-state index in [9.17, 15) is 4.79 Å². The van der Waals surface area contributed by atoms with Crippen LogP contribution in [0.1, 0.15) is 29.3 Å². The van der Waals surface area contributed by atoms with Crippen molar-refractivity contribution in [2.75, 3.05) is 5.32 Å². The molecular weight excluding hydrogens is 242 g/mol. The number of amides is 1. The molecule has 0 saturated heterocycles. The first-order valence-electron chi connectivity index (χ1n) is 6.20. The molecule has 0 radical (unpaired) electrons. The van der Waals surface area contributed by atoms with Gasteiger partial charge in [0.1, 0.15) is 0 Å². The number of aromatic nitrogens is 2. The van der Waals surface area contributed by atoms with Gasteiger partial charge in [0.2, 0.25) is 17.7 Å². The van der Waals surface area contributed by atoms with Crippen LogP contribution in [0.15, 0.2) is 22.6 Å². The number of benzene rings is 1. The van der Waals surface area contributed by atoms with Crippen LogP contribution in [0.3, 0.4) is 0 Å². The number of anilines is 1. The van der Waals surface area contributed by atoms with E-state index in [0.717, 1.165) is 16.8 Å². The lowest BCUT2D eigenvalue weighted by Gasteiger charge is -2.06. The van der Waals surface area contributed by atoms with Crippen LogP contribution in [-0.4, -0.2) is 16.1 Å². The molecule has 1 heterocycles. The van der Waals surface area contributed by atoms with Crippen molar-refractivity contribution in [3.63, 3.8) is 0 Å². The first-order valence-corrected chi connectivity index (χ1v) is 6.20. The number of hydrogen-bond donors (Lipinski definition) is 1. The highest BCUT2D eigenvalue weighted by atomic mass is 16.4. The molecule has 2 aromatic rings. The van der Waals surface area contributed by atoms with Gasteiger partial charge in [-0.3, -0.25) is 4.79 Å². The summed E-state index contributed by atoms with van der Waals surface area (Å²) in [5.41, 5.74) is 3.08. The smallest absolute Gasteiger partial charge is 0.224 e. The molecule has 0 saturated carbocycles. The number of hydrogen-bond acceptors (Lipinski definition) is 4. The van der Waals surface area contributed by atoms with Gasteiger partial charge in [0, 0.05) is 25.5 Å². The van der Waals surface area contributed by atoms with Gasteiger partial charge in [-0.1, -0.05) is 6.07 Å². The van der Waals surface area contributed by atoms with E-state index in [1.807, 2.05) is 26.0 Å². The molecule has 0 atom stereocenters. The summed E-state index contributed by atoms with van der Waals surface area (Å²) in [7, 11) is 0. The van der Waals surface area contributed by atoms with Crippen LogP contribution in [0.25, 0.3) is 0 Å². The molecule has 0 aliphatic heterocycles. The highest BCUT2D eigenvalue weighted by molar-refractivity contribution is 5.90. The summed E-state index contributed by atoms with van der Waals surface area (Å²) in [6, 6.07) is 5.96. The molecule has 0 aliphatic carbocycles. The Labute approximate surface area is 112 Å². The van der Waals surface area contributed by atoms with Crippen LogP contribution in [0.5, 0.6) is 0 Å². The van der Waals surface area contributed by atoms with Gasteiger partial charge >= 0.3 is 0 Å². The van der Waals surface area contributed by atoms with Gasteiger partial charge in [0.15, 0.2) is 0 Å². The molecular formula is C14H17N3O2. The van der Waals surface area contributed by atoms with Gasteiger partial charge in [0.05, 0.1) is 0 Å². The van der Waals surface area contributed by atoms with E-state index in [1.54, 1.807) is 6.92 Å². The van der Waals surface area contributed by atoms with Crippen LogP contribution < -0.4 is 5.32 Å². The lowest BCUT2D eigenvalue weighted by atomic mass is 10.1. The van der Waals surface area contributed by atoms with Crippen molar-refractivity contribution in [1.82, 2.24) is 10.2 Å². The number of nitrogens with zero attached hydrogens (tertiary/aromatic N) is 2. The van der Waals surface area contributed by atoms with Gasteiger partial charge in [0.25, 0.3) is 0 Å². The largest absolute Gasteiger partial charge is 0.426 e. The van der Waals surface area contributed by atoms with Crippen LogP contribution in [0.4, 0.5) is 5.69 Å². The monoisotopic (exact) mass is 259 g/mol. The van der Waals surface area contributed by atoms with Crippen LogP contribution >= 0.6 is 0 Å². The third kappa shape index (κ3) is 3.91. The fourth-order valence-corrected chi connectivity index (χ4v) is 1.93. The predicted octanol–water partition coefficient (Wildman–Crippen LogP) is 2.57. The second-order valence-electron chi connectivity index (χ2n) is 4.64. The lowest BCUT2D eigenvalue weighted by Crippen LogP contribution is -2.12. The molecule has 1 aromatic heterocycles. The summed E-state index contributed by atoms with van der Waals surface area (Å²) in [6.07, 6.45) is 0.784. The van der Waals surface area contributed by atoms with Crippen molar-refractivity contribution in [2.45, 2.75) is 33.6 Å². The highest BCUT2D eigenvalue weighted by Crippen LogP contribution is 2.14. The third-order valence-corrected chi connectivity index (χ3v) is 2.64. The van der Waals surface area contributed by atoms with E-state index in [0.29, 0.717) is 24.6 Å². The van der Waals surface area contributed by atoms with Crippen molar-refractivity contribution < 1.29 is 9.21 Å². The van der Waals surface area contributed by atoms with E-state index in [1.165, 1.54) is 0 Å². The van der Waals surface area contributed by atoms with Crippen molar-refractivity contribution >= 4 is 11.6 Å². The predicted molar refractivity (Wildman–Crippen MR) is 71.9 cm³/mol. The topological polar surface area (TPSA) is 68.0 Å². The number of rotatable bonds is 4. The summed E-state index contributed by atoms with van der Waals surface area (Å²) < 4.78 is 5.22. The molecule has 0 fully saturated rings. The maximum absolute atomic E-state index is 11.8. The number of carbonyl (C=O) groups excluding carboxylic acids is 1. The van der Waals surface area contributed by atoms with Gasteiger partial charge < -0.3 is 9.73 Å². The first-order chi connectivity index (χ1) is 9.02. The minimum atomic E-state index is -0.0548. The Bertz CT molecular complexity index is 570. The average Bonchev–Trinajstić information content (AvgIpc) is 2.71. The molecule has 100 valence electrons. The zero-order chi connectivity index (χ0) is 13.8. The van der Waals surface area contributed by atoms with E-state index in [2.05, 4.69) is 21.6 Å². The molecule has 2 rings (SSSR count). The van der Waals surface area contributed by atoms with Crippen molar-refractivity contribution in [1.29, 1.82) is 0 Å². The highest BCUT2D eigenvalue weighted by Gasteiger charge is 2.07. The van der Waals surface area contributed by atoms with Crippen molar-refractivity contribution in [3.8, 4) is 0 Å². The quantitative estimate of drug-likeness (QED) is 0.916. The third-order valence-electron chi connectivity index (χ3n) is 2.64. The van der Waals surface area contributed by atoms with Gasteiger partial charge in [-0.25, -0.2) is 0 Å². The summed E-state index contributed by atoms with van der Waals surface area (Å²) in [4.78, 5) is 11.8. The summed E-state index contributed by atoms with van der Waals surface area (Å²) in [5.74, 6) is 0.957. The zero-order valence-electron chi connectivity index (χ0n) is 11.4. The van der Waals surface area contributed by atoms with Gasteiger partial charge in [-0.05, 0) is 37.1 Å². The number of nitrogens with one attached hydrogen (secondary N) is 1. The molecule has 5 nitrogen and oxygen atoms in total. The minimum absolute atomic E-state index is 0.0548. The van der Waals surface area contributed by atoms with E-state index in [4.69, 9.17) is 4.42 Å². The lowest BCUT2D eigenvalue weighted by molar-refractivity contribution is -0.116. The zero-order valence-corrected chi connectivity index (χ0v) is 11.4. The molecule has 19 heavy (non-hydrogen) atoms. The standard InChI is InChI=1S/C14H17N3O2/c1-9-6-10(2)8-12(7-9)15-13(18)4-5-14-17-16-11(3)19-14/h6-8H,4-5H2,1-3H3,(H,15,18). The normalized spacial score (nSPS) is 10.5. The molecule has 0 aliphatic rings. The number of aryl methyl sites for hydroxylation is 4. The Morgan fingerprint density at radius 1 is 1.16 bits per heavy atom. The van der Waals surface area contributed by atoms with Crippen LogP contribution in [0.2, 0.25) is 0 Å². The van der Waals surface area contributed by atoms with Crippen LogP contribution in [0, 0.1) is 20.8 Å². The van der Waals surface area contributed by atoms with Crippen LogP contribution in [-0.2, 0) is 11.2 Å².